The molecular formula is C14H25BrO4. The van der Waals surface area contributed by atoms with Crippen molar-refractivity contribution in [1.29, 1.82) is 0 Å². The van der Waals surface area contributed by atoms with Gasteiger partial charge in [0.2, 0.25) is 0 Å². The van der Waals surface area contributed by atoms with E-state index in [0.717, 1.165) is 25.7 Å². The van der Waals surface area contributed by atoms with E-state index in [1.165, 1.54) is 6.42 Å². The maximum atomic E-state index is 8.62. The summed E-state index contributed by atoms with van der Waals surface area (Å²) in [6, 6.07) is 0. The Labute approximate surface area is 124 Å². The number of rotatable bonds is 11. The molecule has 0 saturated carbocycles. The molecule has 0 saturated heterocycles. The van der Waals surface area contributed by atoms with Crippen molar-refractivity contribution in [2.45, 2.75) is 44.5 Å². The molecule has 2 unspecified atom stereocenters. The number of allylic oxidation sites excluding steroid dienone is 1. The molecule has 4 nitrogen and oxygen atoms in total. The zero-order chi connectivity index (χ0) is 13.8. The lowest BCUT2D eigenvalue weighted by Gasteiger charge is -2.23. The predicted octanol–water partition coefficient (Wildman–Crippen LogP) is 2.64. The highest BCUT2D eigenvalue weighted by Crippen LogP contribution is 2.16. The Bertz CT molecular complexity index is 235. The summed E-state index contributed by atoms with van der Waals surface area (Å²) in [5.41, 5.74) is 0. The van der Waals surface area contributed by atoms with Crippen LogP contribution in [0.4, 0.5) is 0 Å². The van der Waals surface area contributed by atoms with E-state index in [1.807, 2.05) is 0 Å². The van der Waals surface area contributed by atoms with Gasteiger partial charge in [-0.1, -0.05) is 28.1 Å². The van der Waals surface area contributed by atoms with Crippen molar-refractivity contribution in [2.24, 2.45) is 0 Å². The summed E-state index contributed by atoms with van der Waals surface area (Å²) in [5.74, 6) is 0. The van der Waals surface area contributed by atoms with Crippen LogP contribution in [-0.4, -0.2) is 49.3 Å². The van der Waals surface area contributed by atoms with E-state index < -0.39 is 0 Å². The average molecular weight is 337 g/mol. The molecule has 112 valence electrons. The molecule has 0 radical (unpaired) electrons. The van der Waals surface area contributed by atoms with Crippen LogP contribution in [0, 0.1) is 0 Å². The second-order valence-corrected chi connectivity index (χ2v) is 5.18. The van der Waals surface area contributed by atoms with E-state index in [4.69, 9.17) is 19.3 Å². The Kier molecular flexibility index (Phi) is 10.7. The van der Waals surface area contributed by atoms with Gasteiger partial charge >= 0.3 is 0 Å². The van der Waals surface area contributed by atoms with Gasteiger partial charge in [-0.25, -0.2) is 0 Å². The Morgan fingerprint density at radius 2 is 2.16 bits per heavy atom. The molecule has 0 aromatic carbocycles. The van der Waals surface area contributed by atoms with Crippen molar-refractivity contribution < 1.29 is 19.3 Å². The average Bonchev–Trinajstić information content (AvgIpc) is 2.46. The molecule has 0 fully saturated rings. The number of ether oxygens (including phenoxy) is 3. The van der Waals surface area contributed by atoms with Crippen molar-refractivity contribution in [3.63, 3.8) is 0 Å². The molecule has 2 atom stereocenters. The molecular weight excluding hydrogens is 312 g/mol. The molecule has 0 aromatic rings. The van der Waals surface area contributed by atoms with Crippen LogP contribution in [0.3, 0.4) is 0 Å². The molecule has 1 aliphatic rings. The van der Waals surface area contributed by atoms with E-state index in [0.29, 0.717) is 25.2 Å². The van der Waals surface area contributed by atoms with Crippen molar-refractivity contribution in [3.05, 3.63) is 12.2 Å². The third-order valence-electron chi connectivity index (χ3n) is 2.89. The SMILES string of the molecule is OCCCCOCCOC(CBr)OC1C=CCCC1. The fourth-order valence-electron chi connectivity index (χ4n) is 1.87. The van der Waals surface area contributed by atoms with E-state index in [-0.39, 0.29) is 19.0 Å². The zero-order valence-electron chi connectivity index (χ0n) is 11.4. The lowest BCUT2D eigenvalue weighted by Crippen LogP contribution is -2.27. The van der Waals surface area contributed by atoms with Gasteiger partial charge in [-0.2, -0.15) is 0 Å². The van der Waals surface area contributed by atoms with Crippen molar-refractivity contribution in [1.82, 2.24) is 0 Å². The third kappa shape index (κ3) is 8.76. The van der Waals surface area contributed by atoms with Crippen LogP contribution in [0.5, 0.6) is 0 Å². The Morgan fingerprint density at radius 3 is 2.84 bits per heavy atom. The molecule has 5 heteroatoms. The summed E-state index contributed by atoms with van der Waals surface area (Å²) < 4.78 is 16.9. The summed E-state index contributed by atoms with van der Waals surface area (Å²) in [4.78, 5) is 0. The lowest BCUT2D eigenvalue weighted by molar-refractivity contribution is -0.154. The molecule has 0 heterocycles. The lowest BCUT2D eigenvalue weighted by atomic mass is 10.1. The minimum absolute atomic E-state index is 0.182. The largest absolute Gasteiger partial charge is 0.396 e. The van der Waals surface area contributed by atoms with E-state index in [2.05, 4.69) is 28.1 Å². The standard InChI is InChI=1S/C14H25BrO4/c15-12-14(19-13-6-2-1-3-7-13)18-11-10-17-9-5-4-8-16/h2,6,13-14,16H,1,3-5,7-12H2. The molecule has 19 heavy (non-hydrogen) atoms. The minimum Gasteiger partial charge on any atom is -0.396 e. The molecule has 0 aromatic heterocycles. The molecule has 1 aliphatic carbocycles. The number of hydrogen-bond acceptors (Lipinski definition) is 4. The monoisotopic (exact) mass is 336 g/mol. The van der Waals surface area contributed by atoms with E-state index in [9.17, 15) is 0 Å². The first-order valence-corrected chi connectivity index (χ1v) is 8.17. The second-order valence-electron chi connectivity index (χ2n) is 4.53. The Hall–Kier alpha value is 0.0600. The van der Waals surface area contributed by atoms with E-state index in [1.54, 1.807) is 0 Å². The second kappa shape index (κ2) is 11.9. The summed E-state index contributed by atoms with van der Waals surface area (Å²) in [6.07, 6.45) is 9.35. The first-order valence-electron chi connectivity index (χ1n) is 7.05. The summed E-state index contributed by atoms with van der Waals surface area (Å²) in [6.45, 7) is 2.01. The van der Waals surface area contributed by atoms with Gasteiger partial charge in [0.05, 0.1) is 24.6 Å². The van der Waals surface area contributed by atoms with Gasteiger partial charge in [0.1, 0.15) is 0 Å². The van der Waals surface area contributed by atoms with Crippen LogP contribution < -0.4 is 0 Å². The van der Waals surface area contributed by atoms with Crippen LogP contribution >= 0.6 is 15.9 Å². The number of hydrogen-bond donors (Lipinski definition) is 1. The van der Waals surface area contributed by atoms with Crippen molar-refractivity contribution >= 4 is 15.9 Å². The molecule has 0 bridgehead atoms. The van der Waals surface area contributed by atoms with Gasteiger partial charge in [0.25, 0.3) is 0 Å². The normalized spacial score (nSPS) is 20.6. The quantitative estimate of drug-likeness (QED) is 0.273. The van der Waals surface area contributed by atoms with E-state index >= 15 is 0 Å². The molecule has 0 aliphatic heterocycles. The molecule has 1 rings (SSSR count). The van der Waals surface area contributed by atoms with Crippen LogP contribution in [-0.2, 0) is 14.2 Å². The van der Waals surface area contributed by atoms with Crippen LogP contribution in [0.2, 0.25) is 0 Å². The smallest absolute Gasteiger partial charge is 0.168 e. The van der Waals surface area contributed by atoms with Crippen molar-refractivity contribution in [2.75, 3.05) is 31.8 Å². The first kappa shape index (κ1) is 17.1. The fourth-order valence-corrected chi connectivity index (χ4v) is 2.21. The predicted molar refractivity (Wildman–Crippen MR) is 78.5 cm³/mol. The maximum Gasteiger partial charge on any atom is 0.168 e. The zero-order valence-corrected chi connectivity index (χ0v) is 13.0. The highest BCUT2D eigenvalue weighted by molar-refractivity contribution is 9.09. The molecule has 0 spiro atoms. The van der Waals surface area contributed by atoms with Gasteiger partial charge in [-0.15, -0.1) is 0 Å². The maximum absolute atomic E-state index is 8.62. The summed E-state index contributed by atoms with van der Waals surface area (Å²) in [5, 5.41) is 9.29. The van der Waals surface area contributed by atoms with Crippen LogP contribution in [0.25, 0.3) is 0 Å². The van der Waals surface area contributed by atoms with Crippen LogP contribution in [0.15, 0.2) is 12.2 Å². The summed E-state index contributed by atoms with van der Waals surface area (Å²) in [7, 11) is 0. The Balaban J connectivity index is 2.01. The highest BCUT2D eigenvalue weighted by Gasteiger charge is 2.15. The summed E-state index contributed by atoms with van der Waals surface area (Å²) >= 11 is 3.40. The number of aliphatic hydroxyl groups is 1. The minimum atomic E-state index is -0.214. The highest BCUT2D eigenvalue weighted by atomic mass is 79.9. The number of alkyl halides is 1. The molecule has 0 amide bonds. The van der Waals surface area contributed by atoms with Gasteiger partial charge in [-0.05, 0) is 32.1 Å². The van der Waals surface area contributed by atoms with Gasteiger partial charge in [0.15, 0.2) is 6.29 Å². The third-order valence-corrected chi connectivity index (χ3v) is 3.42. The number of halogens is 1. The van der Waals surface area contributed by atoms with Gasteiger partial charge < -0.3 is 19.3 Å². The number of unbranched alkanes of at least 4 members (excludes halogenated alkanes) is 1. The topological polar surface area (TPSA) is 47.9 Å². The molecule has 1 N–H and O–H groups in total. The fraction of sp³-hybridized carbons (Fsp3) is 0.857. The van der Waals surface area contributed by atoms with Gasteiger partial charge in [0, 0.05) is 13.2 Å². The van der Waals surface area contributed by atoms with Gasteiger partial charge in [-0.3, -0.25) is 0 Å². The van der Waals surface area contributed by atoms with Crippen molar-refractivity contribution in [3.8, 4) is 0 Å². The first-order chi connectivity index (χ1) is 9.36. The Morgan fingerprint density at radius 1 is 1.26 bits per heavy atom. The number of aliphatic hydroxyl groups excluding tert-OH is 1. The van der Waals surface area contributed by atoms with Crippen LogP contribution in [0.1, 0.15) is 32.1 Å².